The van der Waals surface area contributed by atoms with Crippen molar-refractivity contribution in [3.8, 4) is 0 Å². The van der Waals surface area contributed by atoms with E-state index in [1.54, 1.807) is 6.92 Å². The summed E-state index contributed by atoms with van der Waals surface area (Å²) in [5.41, 5.74) is 0.868. The first-order valence-electron chi connectivity index (χ1n) is 6.39. The number of rotatable bonds is 4. The molecule has 1 aliphatic rings. The van der Waals surface area contributed by atoms with E-state index in [0.29, 0.717) is 6.42 Å². The van der Waals surface area contributed by atoms with Gasteiger partial charge in [-0.25, -0.2) is 8.42 Å². The lowest BCUT2D eigenvalue weighted by Crippen LogP contribution is -2.43. The number of carbonyl (C=O) groups excluding carboxylic acids is 1. The Balaban J connectivity index is 1.88. The van der Waals surface area contributed by atoms with Crippen molar-refractivity contribution in [2.45, 2.75) is 25.4 Å². The van der Waals surface area contributed by atoms with Crippen LogP contribution in [0, 0.1) is 3.57 Å². The molecule has 2 rings (SSSR count). The molecule has 2 N–H and O–H groups in total. The first-order chi connectivity index (χ1) is 9.35. The minimum atomic E-state index is -2.97. The monoisotopic (exact) mass is 408 g/mol. The highest BCUT2D eigenvalue weighted by molar-refractivity contribution is 14.1. The molecule has 1 saturated heterocycles. The highest BCUT2D eigenvalue weighted by atomic mass is 127. The fourth-order valence-electron chi connectivity index (χ4n) is 2.10. The van der Waals surface area contributed by atoms with Crippen molar-refractivity contribution in [3.63, 3.8) is 0 Å². The van der Waals surface area contributed by atoms with E-state index in [1.165, 1.54) is 0 Å². The minimum Gasteiger partial charge on any atom is -0.374 e. The summed E-state index contributed by atoms with van der Waals surface area (Å²) in [5, 5.41) is 5.88. The van der Waals surface area contributed by atoms with Crippen molar-refractivity contribution in [2.24, 2.45) is 0 Å². The number of hydrogen-bond acceptors (Lipinski definition) is 4. The van der Waals surface area contributed by atoms with Crippen molar-refractivity contribution in [1.29, 1.82) is 0 Å². The van der Waals surface area contributed by atoms with E-state index in [1.807, 2.05) is 24.3 Å². The summed E-state index contributed by atoms with van der Waals surface area (Å²) in [6.07, 6.45) is 0.504. The van der Waals surface area contributed by atoms with E-state index >= 15 is 0 Å². The van der Waals surface area contributed by atoms with Crippen LogP contribution in [0.4, 0.5) is 5.69 Å². The van der Waals surface area contributed by atoms with Crippen LogP contribution in [0.15, 0.2) is 24.3 Å². The average Bonchev–Trinajstić information content (AvgIpc) is 2.71. The molecule has 1 heterocycles. The summed E-state index contributed by atoms with van der Waals surface area (Å²) in [7, 11) is -2.97. The van der Waals surface area contributed by atoms with Crippen LogP contribution in [-0.4, -0.2) is 37.9 Å². The Morgan fingerprint density at radius 2 is 2.00 bits per heavy atom. The van der Waals surface area contributed by atoms with Crippen molar-refractivity contribution in [2.75, 3.05) is 16.8 Å². The highest BCUT2D eigenvalue weighted by Gasteiger charge is 2.29. The first kappa shape index (κ1) is 15.6. The molecule has 1 aromatic carbocycles. The van der Waals surface area contributed by atoms with Crippen LogP contribution in [0.1, 0.15) is 13.3 Å². The van der Waals surface area contributed by atoms with Gasteiger partial charge in [0.1, 0.15) is 6.04 Å². The summed E-state index contributed by atoms with van der Waals surface area (Å²) in [5.74, 6) is 0.0388. The van der Waals surface area contributed by atoms with Gasteiger partial charge < -0.3 is 10.6 Å². The number of hydrogen-bond donors (Lipinski definition) is 2. The Kier molecular flexibility index (Phi) is 4.90. The molecule has 0 radical (unpaired) electrons. The third kappa shape index (κ3) is 4.34. The SMILES string of the molecule is C[C@H](Nc1ccc(I)cc1)C(=O)N[C@H]1CCS(=O)(=O)C1. The predicted molar refractivity (Wildman–Crippen MR) is 87.4 cm³/mol. The molecular weight excluding hydrogens is 391 g/mol. The predicted octanol–water partition coefficient (Wildman–Crippen LogP) is 1.39. The Bertz CT molecular complexity index is 586. The van der Waals surface area contributed by atoms with Crippen molar-refractivity contribution < 1.29 is 13.2 Å². The standard InChI is InChI=1S/C13H17IN2O3S/c1-9(15-11-4-2-10(14)3-5-11)13(17)16-12-6-7-20(18,19)8-12/h2-5,9,12,15H,6-8H2,1H3,(H,16,17)/t9-,12-/m0/s1. The van der Waals surface area contributed by atoms with Crippen LogP contribution in [0.25, 0.3) is 0 Å². The van der Waals surface area contributed by atoms with Gasteiger partial charge in [-0.15, -0.1) is 0 Å². The zero-order chi connectivity index (χ0) is 14.8. The van der Waals surface area contributed by atoms with Gasteiger partial charge in [0.15, 0.2) is 9.84 Å². The molecule has 1 aliphatic heterocycles. The highest BCUT2D eigenvalue weighted by Crippen LogP contribution is 2.14. The third-order valence-electron chi connectivity index (χ3n) is 3.20. The second-order valence-corrected chi connectivity index (χ2v) is 8.46. The Morgan fingerprint density at radius 1 is 1.35 bits per heavy atom. The number of carbonyl (C=O) groups is 1. The molecule has 2 atom stereocenters. The second-order valence-electron chi connectivity index (χ2n) is 4.98. The molecule has 0 unspecified atom stereocenters. The molecule has 110 valence electrons. The summed E-state index contributed by atoms with van der Waals surface area (Å²) in [4.78, 5) is 12.0. The summed E-state index contributed by atoms with van der Waals surface area (Å²) in [6, 6.07) is 7.07. The van der Waals surface area contributed by atoms with Crippen LogP contribution in [0.2, 0.25) is 0 Å². The number of amides is 1. The smallest absolute Gasteiger partial charge is 0.242 e. The van der Waals surface area contributed by atoms with Gasteiger partial charge in [-0.05, 0) is 60.2 Å². The zero-order valence-electron chi connectivity index (χ0n) is 11.1. The van der Waals surface area contributed by atoms with Gasteiger partial charge in [0.25, 0.3) is 0 Å². The molecule has 20 heavy (non-hydrogen) atoms. The number of benzene rings is 1. The maximum absolute atomic E-state index is 12.0. The van der Waals surface area contributed by atoms with Gasteiger partial charge in [-0.1, -0.05) is 0 Å². The van der Waals surface area contributed by atoms with Crippen molar-refractivity contribution in [1.82, 2.24) is 5.32 Å². The molecule has 0 saturated carbocycles. The van der Waals surface area contributed by atoms with E-state index in [0.717, 1.165) is 9.26 Å². The largest absolute Gasteiger partial charge is 0.374 e. The normalized spacial score (nSPS) is 22.2. The van der Waals surface area contributed by atoms with Crippen LogP contribution < -0.4 is 10.6 Å². The number of anilines is 1. The van der Waals surface area contributed by atoms with Crippen LogP contribution in [0.3, 0.4) is 0 Å². The van der Waals surface area contributed by atoms with Gasteiger partial charge in [0.05, 0.1) is 11.5 Å². The van der Waals surface area contributed by atoms with Crippen LogP contribution >= 0.6 is 22.6 Å². The first-order valence-corrected chi connectivity index (χ1v) is 9.29. The van der Waals surface area contributed by atoms with Gasteiger partial charge >= 0.3 is 0 Å². The van der Waals surface area contributed by atoms with E-state index in [-0.39, 0.29) is 23.5 Å². The molecule has 5 nitrogen and oxygen atoms in total. The van der Waals surface area contributed by atoms with E-state index in [2.05, 4.69) is 33.2 Å². The van der Waals surface area contributed by atoms with E-state index < -0.39 is 15.9 Å². The van der Waals surface area contributed by atoms with Gasteiger partial charge in [0.2, 0.25) is 5.91 Å². The number of halogens is 1. The zero-order valence-corrected chi connectivity index (χ0v) is 14.1. The Hall–Kier alpha value is -0.830. The molecule has 1 fully saturated rings. The Morgan fingerprint density at radius 3 is 2.55 bits per heavy atom. The second kappa shape index (κ2) is 6.30. The lowest BCUT2D eigenvalue weighted by molar-refractivity contribution is -0.122. The molecule has 1 aromatic rings. The molecule has 0 bridgehead atoms. The lowest BCUT2D eigenvalue weighted by Gasteiger charge is -2.18. The average molecular weight is 408 g/mol. The third-order valence-corrected chi connectivity index (χ3v) is 5.69. The maximum Gasteiger partial charge on any atom is 0.242 e. The number of nitrogens with one attached hydrogen (secondary N) is 2. The van der Waals surface area contributed by atoms with Crippen LogP contribution in [-0.2, 0) is 14.6 Å². The minimum absolute atomic E-state index is 0.0506. The fourth-order valence-corrected chi connectivity index (χ4v) is 4.13. The summed E-state index contributed by atoms with van der Waals surface area (Å²) >= 11 is 2.22. The van der Waals surface area contributed by atoms with Crippen LogP contribution in [0.5, 0.6) is 0 Å². The maximum atomic E-state index is 12.0. The lowest BCUT2D eigenvalue weighted by atomic mass is 10.2. The summed E-state index contributed by atoms with van der Waals surface area (Å²) in [6.45, 7) is 1.76. The number of sulfone groups is 1. The molecule has 1 amide bonds. The van der Waals surface area contributed by atoms with Crippen molar-refractivity contribution in [3.05, 3.63) is 27.8 Å². The van der Waals surface area contributed by atoms with Gasteiger partial charge in [-0.2, -0.15) is 0 Å². The Labute approximate surface area is 132 Å². The van der Waals surface area contributed by atoms with E-state index in [4.69, 9.17) is 0 Å². The van der Waals surface area contributed by atoms with E-state index in [9.17, 15) is 13.2 Å². The topological polar surface area (TPSA) is 75.3 Å². The molecule has 0 aliphatic carbocycles. The quantitative estimate of drug-likeness (QED) is 0.739. The molecule has 0 aromatic heterocycles. The van der Waals surface area contributed by atoms with Gasteiger partial charge in [-0.3, -0.25) is 4.79 Å². The molecular formula is C13H17IN2O3S. The fraction of sp³-hybridized carbons (Fsp3) is 0.462. The molecule has 0 spiro atoms. The van der Waals surface area contributed by atoms with Crippen molar-refractivity contribution >= 4 is 44.0 Å². The molecule has 7 heteroatoms. The summed E-state index contributed by atoms with van der Waals surface area (Å²) < 4.78 is 23.8. The van der Waals surface area contributed by atoms with Gasteiger partial charge in [0, 0.05) is 15.3 Å².